The Balaban J connectivity index is 1.73. The molecule has 0 aliphatic carbocycles. The minimum Gasteiger partial charge on any atom is -0.466 e. The third-order valence-electron chi connectivity index (χ3n) is 4.28. The van der Waals surface area contributed by atoms with E-state index in [2.05, 4.69) is 0 Å². The van der Waals surface area contributed by atoms with E-state index >= 15 is 0 Å². The first kappa shape index (κ1) is 15.3. The number of likely N-dealkylation sites (tertiary alicyclic amines) is 1. The summed E-state index contributed by atoms with van der Waals surface area (Å²) in [5.74, 6) is 1.46. The van der Waals surface area contributed by atoms with Crippen molar-refractivity contribution in [1.82, 2.24) is 4.90 Å². The number of carbonyl (C=O) groups excluding carboxylic acids is 1. The molecule has 1 amide bonds. The first-order valence-corrected chi connectivity index (χ1v) is 8.53. The predicted molar refractivity (Wildman–Crippen MR) is 86.1 cm³/mol. The Labute approximate surface area is 134 Å². The van der Waals surface area contributed by atoms with E-state index in [0.29, 0.717) is 17.7 Å². The van der Waals surface area contributed by atoms with Gasteiger partial charge in [0.1, 0.15) is 11.5 Å². The zero-order valence-corrected chi connectivity index (χ0v) is 13.7. The van der Waals surface area contributed by atoms with Crippen LogP contribution in [0.15, 0.2) is 28.0 Å². The molecule has 1 fully saturated rings. The molecule has 2 atom stereocenters. The first-order valence-electron chi connectivity index (χ1n) is 7.65. The van der Waals surface area contributed by atoms with Crippen LogP contribution in [0.3, 0.4) is 0 Å². The Hall–Kier alpha value is -1.59. The third kappa shape index (κ3) is 2.96. The number of thiophene rings is 1. The number of aliphatic hydroxyl groups excluding tert-OH is 1. The molecule has 3 heterocycles. The zero-order chi connectivity index (χ0) is 15.7. The van der Waals surface area contributed by atoms with Crippen LogP contribution in [0.2, 0.25) is 0 Å². The van der Waals surface area contributed by atoms with Crippen LogP contribution in [0.1, 0.15) is 52.1 Å². The summed E-state index contributed by atoms with van der Waals surface area (Å²) in [7, 11) is 0. The molecule has 1 saturated heterocycles. The van der Waals surface area contributed by atoms with Crippen LogP contribution in [0.4, 0.5) is 0 Å². The predicted octanol–water partition coefficient (Wildman–Crippen LogP) is 3.69. The number of amides is 1. The van der Waals surface area contributed by atoms with Crippen LogP contribution in [0, 0.1) is 13.8 Å². The van der Waals surface area contributed by atoms with Crippen molar-refractivity contribution in [2.75, 3.05) is 6.54 Å². The van der Waals surface area contributed by atoms with Gasteiger partial charge >= 0.3 is 0 Å². The van der Waals surface area contributed by atoms with E-state index in [1.165, 1.54) is 0 Å². The third-order valence-corrected chi connectivity index (χ3v) is 5.25. The lowest BCUT2D eigenvalue weighted by atomic mass is 10.0. The van der Waals surface area contributed by atoms with Gasteiger partial charge in [0.15, 0.2) is 0 Å². The van der Waals surface area contributed by atoms with E-state index in [4.69, 9.17) is 4.42 Å². The normalized spacial score (nSPS) is 19.6. The molecule has 0 saturated carbocycles. The summed E-state index contributed by atoms with van der Waals surface area (Å²) in [4.78, 5) is 15.6. The van der Waals surface area contributed by atoms with Gasteiger partial charge < -0.3 is 14.4 Å². The lowest BCUT2D eigenvalue weighted by Gasteiger charge is -2.26. The Morgan fingerprint density at radius 3 is 3.00 bits per heavy atom. The smallest absolute Gasteiger partial charge is 0.257 e. The monoisotopic (exact) mass is 319 g/mol. The van der Waals surface area contributed by atoms with Crippen molar-refractivity contribution in [2.24, 2.45) is 0 Å². The highest BCUT2D eigenvalue weighted by Gasteiger charge is 2.32. The molecule has 2 aromatic rings. The van der Waals surface area contributed by atoms with Gasteiger partial charge in [-0.15, -0.1) is 11.3 Å². The topological polar surface area (TPSA) is 53.7 Å². The summed E-state index contributed by atoms with van der Waals surface area (Å²) < 4.78 is 5.48. The summed E-state index contributed by atoms with van der Waals surface area (Å²) in [5, 5.41) is 12.3. The highest BCUT2D eigenvalue weighted by molar-refractivity contribution is 7.10. The maximum absolute atomic E-state index is 12.7. The van der Waals surface area contributed by atoms with Crippen molar-refractivity contribution >= 4 is 17.2 Å². The minimum atomic E-state index is -0.495. The molecule has 0 bridgehead atoms. The quantitative estimate of drug-likeness (QED) is 0.935. The van der Waals surface area contributed by atoms with Crippen LogP contribution in [0.25, 0.3) is 0 Å². The number of nitrogens with zero attached hydrogens (tertiary/aromatic N) is 1. The Morgan fingerprint density at radius 2 is 2.36 bits per heavy atom. The number of aliphatic hydroxyl groups is 1. The molecule has 22 heavy (non-hydrogen) atoms. The average molecular weight is 319 g/mol. The lowest BCUT2D eigenvalue weighted by Crippen LogP contribution is -2.36. The van der Waals surface area contributed by atoms with E-state index in [-0.39, 0.29) is 11.9 Å². The van der Waals surface area contributed by atoms with E-state index < -0.39 is 6.10 Å². The molecule has 3 rings (SSSR count). The van der Waals surface area contributed by atoms with Crippen molar-refractivity contribution in [1.29, 1.82) is 0 Å². The van der Waals surface area contributed by atoms with Crippen molar-refractivity contribution < 1.29 is 14.3 Å². The standard InChI is InChI=1S/C17H21NO3S/c1-11-9-14(12(2)21-11)17(20)18-7-3-5-13(18)10-15(19)16-6-4-8-22-16/h4,6,8-9,13,15,19H,3,5,7,10H2,1-2H3/t13-,15-/m0/s1. The molecule has 2 aromatic heterocycles. The molecular formula is C17H21NO3S. The van der Waals surface area contributed by atoms with Gasteiger partial charge in [0.05, 0.1) is 11.7 Å². The Kier molecular flexibility index (Phi) is 4.36. The fraction of sp³-hybridized carbons (Fsp3) is 0.471. The number of carbonyl (C=O) groups is 1. The molecule has 4 nitrogen and oxygen atoms in total. The number of hydrogen-bond acceptors (Lipinski definition) is 4. The molecule has 0 aromatic carbocycles. The van der Waals surface area contributed by atoms with Crippen LogP contribution in [-0.4, -0.2) is 28.5 Å². The van der Waals surface area contributed by atoms with Crippen molar-refractivity contribution in [3.63, 3.8) is 0 Å². The number of rotatable bonds is 4. The summed E-state index contributed by atoms with van der Waals surface area (Å²) in [6.07, 6.45) is 2.04. The van der Waals surface area contributed by atoms with E-state index in [1.807, 2.05) is 42.3 Å². The van der Waals surface area contributed by atoms with E-state index in [0.717, 1.165) is 30.0 Å². The summed E-state index contributed by atoms with van der Waals surface area (Å²) >= 11 is 1.56. The first-order chi connectivity index (χ1) is 10.6. The molecule has 0 spiro atoms. The van der Waals surface area contributed by atoms with Crippen LogP contribution in [0.5, 0.6) is 0 Å². The van der Waals surface area contributed by atoms with Gasteiger partial charge in [0, 0.05) is 17.5 Å². The number of furan rings is 1. The van der Waals surface area contributed by atoms with Gasteiger partial charge in [-0.2, -0.15) is 0 Å². The fourth-order valence-electron chi connectivity index (χ4n) is 3.20. The van der Waals surface area contributed by atoms with E-state index in [1.54, 1.807) is 11.3 Å². The zero-order valence-electron chi connectivity index (χ0n) is 12.9. The number of aryl methyl sites for hydroxylation is 2. The molecule has 1 aliphatic heterocycles. The van der Waals surface area contributed by atoms with Crippen LogP contribution >= 0.6 is 11.3 Å². The van der Waals surface area contributed by atoms with Gasteiger partial charge in [-0.3, -0.25) is 4.79 Å². The molecule has 118 valence electrons. The van der Waals surface area contributed by atoms with Gasteiger partial charge in [0.25, 0.3) is 5.91 Å². The van der Waals surface area contributed by atoms with Gasteiger partial charge in [0.2, 0.25) is 0 Å². The average Bonchev–Trinajstić information content (AvgIpc) is 3.19. The second kappa shape index (κ2) is 6.26. The molecule has 1 aliphatic rings. The van der Waals surface area contributed by atoms with E-state index in [9.17, 15) is 9.90 Å². The minimum absolute atomic E-state index is 0.0234. The van der Waals surface area contributed by atoms with Gasteiger partial charge in [-0.25, -0.2) is 0 Å². The second-order valence-corrected chi connectivity index (χ2v) is 6.87. The van der Waals surface area contributed by atoms with Gasteiger partial charge in [-0.1, -0.05) is 6.07 Å². The van der Waals surface area contributed by atoms with Crippen LogP contribution in [-0.2, 0) is 0 Å². The molecular weight excluding hydrogens is 298 g/mol. The van der Waals surface area contributed by atoms with Crippen molar-refractivity contribution in [3.8, 4) is 0 Å². The molecule has 1 N–H and O–H groups in total. The Bertz CT molecular complexity index is 647. The van der Waals surface area contributed by atoms with Crippen molar-refractivity contribution in [2.45, 2.75) is 45.3 Å². The largest absolute Gasteiger partial charge is 0.466 e. The second-order valence-electron chi connectivity index (χ2n) is 5.89. The fourth-order valence-corrected chi connectivity index (χ4v) is 3.93. The van der Waals surface area contributed by atoms with Crippen molar-refractivity contribution in [3.05, 3.63) is 45.5 Å². The van der Waals surface area contributed by atoms with Crippen LogP contribution < -0.4 is 0 Å². The maximum atomic E-state index is 12.7. The molecule has 0 unspecified atom stereocenters. The number of hydrogen-bond donors (Lipinski definition) is 1. The Morgan fingerprint density at radius 1 is 1.55 bits per heavy atom. The summed E-state index contributed by atoms with van der Waals surface area (Å²) in [5.41, 5.74) is 0.648. The molecule has 5 heteroatoms. The van der Waals surface area contributed by atoms with Gasteiger partial charge in [-0.05, 0) is 50.6 Å². The molecule has 0 radical (unpaired) electrons. The highest BCUT2D eigenvalue weighted by atomic mass is 32.1. The maximum Gasteiger partial charge on any atom is 0.257 e. The SMILES string of the molecule is Cc1cc(C(=O)N2CCC[C@H]2C[C@H](O)c2cccs2)c(C)o1. The summed E-state index contributed by atoms with van der Waals surface area (Å²) in [6, 6.07) is 5.79. The lowest BCUT2D eigenvalue weighted by molar-refractivity contribution is 0.0668. The highest BCUT2D eigenvalue weighted by Crippen LogP contribution is 2.31. The summed E-state index contributed by atoms with van der Waals surface area (Å²) in [6.45, 7) is 4.43.